The topological polar surface area (TPSA) is 41.6 Å². The van der Waals surface area contributed by atoms with Gasteiger partial charge in [0.2, 0.25) is 0 Å². The highest BCUT2D eigenvalue weighted by atomic mass is 19.1. The summed E-state index contributed by atoms with van der Waals surface area (Å²) >= 11 is 0. The number of aryl methyl sites for hydroxylation is 1. The Kier molecular flexibility index (Phi) is 3.15. The third-order valence-corrected chi connectivity index (χ3v) is 3.50. The molecule has 3 nitrogen and oxygen atoms in total. The van der Waals surface area contributed by atoms with Crippen LogP contribution in [0.4, 0.5) is 8.78 Å². The Balaban J connectivity index is 2.10. The van der Waals surface area contributed by atoms with E-state index in [1.54, 1.807) is 29.8 Å². The van der Waals surface area contributed by atoms with Crippen LogP contribution in [0.3, 0.4) is 0 Å². The zero-order valence-corrected chi connectivity index (χ0v) is 11.3. The van der Waals surface area contributed by atoms with Crippen LogP contribution in [0.2, 0.25) is 0 Å². The summed E-state index contributed by atoms with van der Waals surface area (Å²) in [5.74, 6) is -0.622. The SMILES string of the molecule is Cn1c(Cc2c(F)cccc2F)nc2ccc(C#N)cc21. The molecule has 0 unspecified atom stereocenters. The van der Waals surface area contributed by atoms with Crippen molar-refractivity contribution in [2.75, 3.05) is 0 Å². The highest BCUT2D eigenvalue weighted by Crippen LogP contribution is 2.21. The van der Waals surface area contributed by atoms with Gasteiger partial charge in [0.1, 0.15) is 17.5 Å². The average Bonchev–Trinajstić information content (AvgIpc) is 2.79. The van der Waals surface area contributed by atoms with Crippen LogP contribution in [-0.4, -0.2) is 9.55 Å². The van der Waals surface area contributed by atoms with Crippen molar-refractivity contribution < 1.29 is 8.78 Å². The molecule has 5 heteroatoms. The molecule has 1 aromatic heterocycles. The minimum absolute atomic E-state index is 0.00332. The number of halogens is 2. The van der Waals surface area contributed by atoms with Gasteiger partial charge in [-0.15, -0.1) is 0 Å². The summed E-state index contributed by atoms with van der Waals surface area (Å²) in [6, 6.07) is 11.0. The van der Waals surface area contributed by atoms with E-state index in [2.05, 4.69) is 11.1 Å². The first-order chi connectivity index (χ1) is 10.1. The number of benzene rings is 2. The van der Waals surface area contributed by atoms with Crippen LogP contribution in [0.1, 0.15) is 17.0 Å². The summed E-state index contributed by atoms with van der Waals surface area (Å²) < 4.78 is 29.2. The molecule has 0 amide bonds. The third kappa shape index (κ3) is 2.25. The van der Waals surface area contributed by atoms with Crippen molar-refractivity contribution in [2.24, 2.45) is 7.05 Å². The van der Waals surface area contributed by atoms with E-state index >= 15 is 0 Å². The fraction of sp³-hybridized carbons (Fsp3) is 0.125. The van der Waals surface area contributed by atoms with Gasteiger partial charge in [0, 0.05) is 19.0 Å². The van der Waals surface area contributed by atoms with Gasteiger partial charge < -0.3 is 4.57 Å². The Morgan fingerprint density at radius 1 is 1.19 bits per heavy atom. The highest BCUT2D eigenvalue weighted by Gasteiger charge is 2.14. The van der Waals surface area contributed by atoms with E-state index in [1.807, 2.05) is 0 Å². The van der Waals surface area contributed by atoms with Gasteiger partial charge in [0.05, 0.1) is 22.7 Å². The van der Waals surface area contributed by atoms with Crippen molar-refractivity contribution >= 4 is 11.0 Å². The lowest BCUT2D eigenvalue weighted by Crippen LogP contribution is -2.03. The van der Waals surface area contributed by atoms with Crippen molar-refractivity contribution in [1.29, 1.82) is 5.26 Å². The van der Waals surface area contributed by atoms with Crippen LogP contribution in [0.5, 0.6) is 0 Å². The summed E-state index contributed by atoms with van der Waals surface area (Å²) in [6.07, 6.45) is 0.0611. The molecule has 21 heavy (non-hydrogen) atoms. The molecule has 0 aliphatic rings. The van der Waals surface area contributed by atoms with E-state index in [0.29, 0.717) is 16.9 Å². The van der Waals surface area contributed by atoms with Gasteiger partial charge in [-0.25, -0.2) is 13.8 Å². The summed E-state index contributed by atoms with van der Waals surface area (Å²) in [4.78, 5) is 4.39. The predicted molar refractivity (Wildman–Crippen MR) is 74.6 cm³/mol. The first-order valence-electron chi connectivity index (χ1n) is 6.38. The van der Waals surface area contributed by atoms with Crippen LogP contribution in [0, 0.1) is 23.0 Å². The molecule has 1 heterocycles. The van der Waals surface area contributed by atoms with Gasteiger partial charge in [-0.2, -0.15) is 5.26 Å². The number of rotatable bonds is 2. The lowest BCUT2D eigenvalue weighted by atomic mass is 10.1. The maximum Gasteiger partial charge on any atom is 0.129 e. The van der Waals surface area contributed by atoms with Crippen LogP contribution in [0.25, 0.3) is 11.0 Å². The lowest BCUT2D eigenvalue weighted by molar-refractivity contribution is 0.558. The van der Waals surface area contributed by atoms with E-state index < -0.39 is 11.6 Å². The number of imidazole rings is 1. The normalized spacial score (nSPS) is 10.8. The Morgan fingerprint density at radius 2 is 1.90 bits per heavy atom. The number of nitrogens with zero attached hydrogens (tertiary/aromatic N) is 3. The second-order valence-electron chi connectivity index (χ2n) is 4.78. The minimum atomic E-state index is -0.584. The third-order valence-electron chi connectivity index (χ3n) is 3.50. The van der Waals surface area contributed by atoms with E-state index in [4.69, 9.17) is 5.26 Å². The second-order valence-corrected chi connectivity index (χ2v) is 4.78. The molecule has 3 aromatic rings. The molecule has 0 aliphatic carbocycles. The molecule has 2 aromatic carbocycles. The van der Waals surface area contributed by atoms with Crippen LogP contribution in [0.15, 0.2) is 36.4 Å². The summed E-state index contributed by atoms with van der Waals surface area (Å²) in [6.45, 7) is 0. The molecule has 0 N–H and O–H groups in total. The van der Waals surface area contributed by atoms with Gasteiger partial charge in [-0.05, 0) is 30.3 Å². The van der Waals surface area contributed by atoms with Gasteiger partial charge in [0.25, 0.3) is 0 Å². The lowest BCUT2D eigenvalue weighted by Gasteiger charge is -2.05. The maximum absolute atomic E-state index is 13.7. The average molecular weight is 283 g/mol. The molecule has 0 spiro atoms. The summed E-state index contributed by atoms with van der Waals surface area (Å²) in [5.41, 5.74) is 1.98. The van der Waals surface area contributed by atoms with Gasteiger partial charge in [-0.3, -0.25) is 0 Å². The minimum Gasteiger partial charge on any atom is -0.331 e. The largest absolute Gasteiger partial charge is 0.331 e. The summed E-state index contributed by atoms with van der Waals surface area (Å²) in [7, 11) is 1.77. The molecule has 3 rings (SSSR count). The smallest absolute Gasteiger partial charge is 0.129 e. The zero-order chi connectivity index (χ0) is 15.0. The second kappa shape index (κ2) is 4.98. The molecular weight excluding hydrogens is 272 g/mol. The number of aromatic nitrogens is 2. The van der Waals surface area contributed by atoms with Gasteiger partial charge in [-0.1, -0.05) is 6.07 Å². The van der Waals surface area contributed by atoms with E-state index in [0.717, 1.165) is 5.52 Å². The number of fused-ring (bicyclic) bond motifs is 1. The first kappa shape index (κ1) is 13.3. The van der Waals surface area contributed by atoms with Gasteiger partial charge >= 0.3 is 0 Å². The fourth-order valence-corrected chi connectivity index (χ4v) is 2.33. The van der Waals surface area contributed by atoms with E-state index in [1.165, 1.54) is 18.2 Å². The Labute approximate surface area is 120 Å². The van der Waals surface area contributed by atoms with Crippen LogP contribution in [-0.2, 0) is 13.5 Å². The fourth-order valence-electron chi connectivity index (χ4n) is 2.33. The zero-order valence-electron chi connectivity index (χ0n) is 11.3. The van der Waals surface area contributed by atoms with E-state index in [9.17, 15) is 8.78 Å². The Hall–Kier alpha value is -2.74. The highest BCUT2D eigenvalue weighted by molar-refractivity contribution is 5.77. The number of nitriles is 1. The van der Waals surface area contributed by atoms with Gasteiger partial charge in [0.15, 0.2) is 0 Å². The quantitative estimate of drug-likeness (QED) is 0.724. The summed E-state index contributed by atoms with van der Waals surface area (Å²) in [5, 5.41) is 8.92. The molecule has 0 atom stereocenters. The number of hydrogen-bond acceptors (Lipinski definition) is 2. The molecule has 0 fully saturated rings. The molecule has 104 valence electrons. The monoisotopic (exact) mass is 283 g/mol. The van der Waals surface area contributed by atoms with Crippen molar-refractivity contribution in [1.82, 2.24) is 9.55 Å². The predicted octanol–water partition coefficient (Wildman–Crippen LogP) is 3.31. The number of hydrogen-bond donors (Lipinski definition) is 0. The van der Waals surface area contributed by atoms with E-state index in [-0.39, 0.29) is 12.0 Å². The van der Waals surface area contributed by atoms with Crippen molar-refractivity contribution in [3.63, 3.8) is 0 Å². The maximum atomic E-state index is 13.7. The van der Waals surface area contributed by atoms with Crippen molar-refractivity contribution in [2.45, 2.75) is 6.42 Å². The molecule has 0 saturated carbocycles. The van der Waals surface area contributed by atoms with Crippen LogP contribution >= 0.6 is 0 Å². The Bertz CT molecular complexity index is 855. The molecule has 0 saturated heterocycles. The van der Waals surface area contributed by atoms with Crippen LogP contribution < -0.4 is 0 Å². The Morgan fingerprint density at radius 3 is 2.57 bits per heavy atom. The molecule has 0 bridgehead atoms. The molecule has 0 radical (unpaired) electrons. The van der Waals surface area contributed by atoms with Crippen molar-refractivity contribution in [3.05, 3.63) is 65.0 Å². The molecule has 0 aliphatic heterocycles. The standard InChI is InChI=1S/C16H11F2N3/c1-21-15-7-10(9-19)5-6-14(15)20-16(21)8-11-12(17)3-2-4-13(11)18/h2-7H,8H2,1H3. The van der Waals surface area contributed by atoms with Crippen molar-refractivity contribution in [3.8, 4) is 6.07 Å². The first-order valence-corrected chi connectivity index (χ1v) is 6.38. The molecular formula is C16H11F2N3.